The zero-order chi connectivity index (χ0) is 29.3. The van der Waals surface area contributed by atoms with Gasteiger partial charge in [0.15, 0.2) is 0 Å². The first-order valence-electron chi connectivity index (χ1n) is 16.2. The van der Waals surface area contributed by atoms with E-state index in [-0.39, 0.29) is 11.5 Å². The first-order valence-corrected chi connectivity index (χ1v) is 17.0. The predicted octanol–water partition coefficient (Wildman–Crippen LogP) is 9.49. The Kier molecular flexibility index (Phi) is 15.1. The number of carbonyl (C=O) groups is 1. The summed E-state index contributed by atoms with van der Waals surface area (Å²) in [6.45, 7) is 8.38. The van der Waals surface area contributed by atoms with Gasteiger partial charge in [0.2, 0.25) is 11.5 Å². The van der Waals surface area contributed by atoms with Crippen LogP contribution in [0.1, 0.15) is 126 Å². The molecule has 2 heterocycles. The summed E-state index contributed by atoms with van der Waals surface area (Å²) in [6.07, 6.45) is 33.0. The van der Waals surface area contributed by atoms with Crippen molar-refractivity contribution in [2.75, 3.05) is 13.1 Å². The van der Waals surface area contributed by atoms with E-state index in [1.54, 1.807) is 29.7 Å². The molecule has 0 saturated heterocycles. The third-order valence-electron chi connectivity index (χ3n) is 8.03. The van der Waals surface area contributed by atoms with Gasteiger partial charge in [0.05, 0.1) is 23.1 Å². The van der Waals surface area contributed by atoms with E-state index in [0.29, 0.717) is 16.8 Å². The van der Waals surface area contributed by atoms with Crippen LogP contribution in [-0.2, 0) is 4.79 Å². The molecule has 0 aromatic carbocycles. The van der Waals surface area contributed by atoms with Crippen molar-refractivity contribution in [2.24, 2.45) is 4.99 Å². The van der Waals surface area contributed by atoms with Gasteiger partial charge < -0.3 is 5.11 Å². The molecule has 0 saturated carbocycles. The number of aliphatic imine (C=N–C) groups is 1. The Hall–Kier alpha value is -2.60. The summed E-state index contributed by atoms with van der Waals surface area (Å²) >= 11 is 1.55. The average molecular weight is 579 g/mol. The van der Waals surface area contributed by atoms with Crippen molar-refractivity contribution in [2.45, 2.75) is 124 Å². The molecule has 1 aromatic rings. The van der Waals surface area contributed by atoms with Crippen LogP contribution in [0.15, 0.2) is 52.0 Å². The second kappa shape index (κ2) is 18.8. The number of aliphatic hydroxyl groups is 1. The second-order valence-corrected chi connectivity index (χ2v) is 12.7. The van der Waals surface area contributed by atoms with Crippen molar-refractivity contribution in [3.05, 3.63) is 56.9 Å². The Morgan fingerprint density at radius 1 is 0.829 bits per heavy atom. The van der Waals surface area contributed by atoms with Crippen molar-refractivity contribution < 1.29 is 14.5 Å². The van der Waals surface area contributed by atoms with Gasteiger partial charge in [-0.25, -0.2) is 14.6 Å². The first-order chi connectivity index (χ1) is 20.0. The van der Waals surface area contributed by atoms with Crippen LogP contribution >= 0.6 is 11.3 Å². The van der Waals surface area contributed by atoms with E-state index in [9.17, 15) is 9.90 Å². The summed E-state index contributed by atoms with van der Waals surface area (Å²) < 4.78 is 2.34. The minimum Gasteiger partial charge on any atom is -0.506 e. The fraction of sp³-hybridized carbons (Fsp3) is 0.600. The maximum atomic E-state index is 12.7. The van der Waals surface area contributed by atoms with Gasteiger partial charge in [-0.1, -0.05) is 96.8 Å². The lowest BCUT2D eigenvalue weighted by molar-refractivity contribution is -0.522. The summed E-state index contributed by atoms with van der Waals surface area (Å²) in [6, 6.07) is 0. The van der Waals surface area contributed by atoms with E-state index in [2.05, 4.69) is 28.4 Å². The van der Waals surface area contributed by atoms with Crippen LogP contribution in [0.25, 0.3) is 6.08 Å². The smallest absolute Gasteiger partial charge is 0.218 e. The molecule has 0 spiro atoms. The number of thiazole rings is 1. The normalized spacial score (nSPS) is 18.2. The number of aryl methyl sites for hydroxylation is 1. The molecule has 0 atom stereocenters. The zero-order valence-corrected chi connectivity index (χ0v) is 26.6. The molecule has 0 bridgehead atoms. The number of unbranched alkanes of at least 4 members (excludes halogenated alkanes) is 15. The van der Waals surface area contributed by atoms with E-state index in [1.165, 1.54) is 103 Å². The van der Waals surface area contributed by atoms with Gasteiger partial charge >= 0.3 is 0 Å². The van der Waals surface area contributed by atoms with Crippen molar-refractivity contribution in [3.8, 4) is 0 Å². The van der Waals surface area contributed by atoms with Gasteiger partial charge in [0.25, 0.3) is 0 Å². The van der Waals surface area contributed by atoms with Gasteiger partial charge in [0, 0.05) is 23.6 Å². The number of allylic oxidation sites excluding steroid dienone is 5. The number of hydrogen-bond donors (Lipinski definition) is 1. The molecule has 1 aliphatic carbocycles. The SMILES string of the molecule is CCCCCCCCCCCCCCCCCC/[N+](CC)=C1C=C/C(=C2/C(=O)C(/C=C/c3ncc(C)s3)=C2O)N=C\1. The molecule has 6 heteroatoms. The van der Waals surface area contributed by atoms with Gasteiger partial charge in [0.1, 0.15) is 23.9 Å². The highest BCUT2D eigenvalue weighted by Gasteiger charge is 2.35. The fourth-order valence-corrected chi connectivity index (χ4v) is 6.14. The number of carbonyl (C=O) groups excluding carboxylic acids is 1. The van der Waals surface area contributed by atoms with E-state index in [1.807, 2.05) is 25.3 Å². The summed E-state index contributed by atoms with van der Waals surface area (Å²) in [7, 11) is 0. The van der Waals surface area contributed by atoms with E-state index in [0.717, 1.165) is 28.7 Å². The molecule has 1 aliphatic heterocycles. The highest BCUT2D eigenvalue weighted by molar-refractivity contribution is 7.12. The van der Waals surface area contributed by atoms with Gasteiger partial charge in [-0.15, -0.1) is 11.3 Å². The number of hydrogen-bond acceptors (Lipinski definition) is 5. The average Bonchev–Trinajstić information content (AvgIpc) is 3.40. The summed E-state index contributed by atoms with van der Waals surface area (Å²) in [5.41, 5.74) is 2.20. The minimum absolute atomic E-state index is 0.0142. The molecule has 0 amide bonds. The number of Topliss-reactive ketones (excluding diaryl/α,β-unsaturated/α-hetero) is 1. The molecule has 224 valence electrons. The van der Waals surface area contributed by atoms with Crippen LogP contribution in [0.5, 0.6) is 0 Å². The Morgan fingerprint density at radius 3 is 1.88 bits per heavy atom. The quantitative estimate of drug-likeness (QED) is 0.0952. The summed E-state index contributed by atoms with van der Waals surface area (Å²) in [5, 5.41) is 11.3. The lowest BCUT2D eigenvalue weighted by Gasteiger charge is -2.20. The molecule has 3 rings (SSSR count). The van der Waals surface area contributed by atoms with Crippen molar-refractivity contribution >= 4 is 35.1 Å². The molecular formula is C35H52N3O2S+. The fourth-order valence-electron chi connectivity index (χ4n) is 5.46. The third-order valence-corrected chi connectivity index (χ3v) is 8.91. The van der Waals surface area contributed by atoms with Crippen LogP contribution in [0, 0.1) is 6.92 Å². The summed E-state index contributed by atoms with van der Waals surface area (Å²) in [5.74, 6) is -0.159. The van der Waals surface area contributed by atoms with Crippen LogP contribution in [-0.4, -0.2) is 45.5 Å². The lowest BCUT2D eigenvalue weighted by Crippen LogP contribution is -2.25. The van der Waals surface area contributed by atoms with Crippen LogP contribution in [0.3, 0.4) is 0 Å². The van der Waals surface area contributed by atoms with Crippen molar-refractivity contribution in [3.63, 3.8) is 0 Å². The standard InChI is InChI=1S/C35H51N3O2S/c1-4-6-7-8-9-10-11-12-13-14-15-16-17-18-19-20-25-38(5-2)29-21-23-31(36-27-29)33-34(39)30(35(33)40)22-24-32-37-26-28(3)41-32/h21-24,26-27H,4-20,25H2,1-3H3/p+1/b38-29+. The first kappa shape index (κ1) is 32.9. The Labute approximate surface area is 252 Å². The number of aliphatic hydroxyl groups excluding tert-OH is 1. The maximum absolute atomic E-state index is 12.7. The Bertz CT molecular complexity index is 1150. The van der Waals surface area contributed by atoms with Gasteiger partial charge in [-0.05, 0) is 38.5 Å². The van der Waals surface area contributed by atoms with Gasteiger partial charge in [-0.3, -0.25) is 4.79 Å². The van der Waals surface area contributed by atoms with E-state index < -0.39 is 0 Å². The summed E-state index contributed by atoms with van der Waals surface area (Å²) in [4.78, 5) is 22.6. The second-order valence-electron chi connectivity index (χ2n) is 11.4. The lowest BCUT2D eigenvalue weighted by atomic mass is 9.86. The molecule has 0 radical (unpaired) electrons. The number of ketones is 1. The van der Waals surface area contributed by atoms with Crippen LogP contribution < -0.4 is 0 Å². The van der Waals surface area contributed by atoms with Crippen LogP contribution in [0.2, 0.25) is 0 Å². The molecule has 2 aliphatic rings. The highest BCUT2D eigenvalue weighted by Crippen LogP contribution is 2.34. The van der Waals surface area contributed by atoms with E-state index >= 15 is 0 Å². The van der Waals surface area contributed by atoms with Gasteiger partial charge in [-0.2, -0.15) is 0 Å². The molecule has 1 N–H and O–H groups in total. The van der Waals surface area contributed by atoms with Crippen LogP contribution in [0.4, 0.5) is 0 Å². The maximum Gasteiger partial charge on any atom is 0.218 e. The third kappa shape index (κ3) is 11.0. The zero-order valence-electron chi connectivity index (χ0n) is 25.8. The molecule has 0 unspecified atom stereocenters. The largest absolute Gasteiger partial charge is 0.506 e. The Balaban J connectivity index is 1.30. The topological polar surface area (TPSA) is 65.6 Å². The molecule has 0 fully saturated rings. The molecule has 41 heavy (non-hydrogen) atoms. The number of nitrogens with zero attached hydrogens (tertiary/aromatic N) is 3. The molecular weight excluding hydrogens is 526 g/mol. The van der Waals surface area contributed by atoms with Crippen molar-refractivity contribution in [1.82, 2.24) is 4.98 Å². The highest BCUT2D eigenvalue weighted by atomic mass is 32.1. The monoisotopic (exact) mass is 578 g/mol. The minimum atomic E-state index is -0.173. The van der Waals surface area contributed by atoms with E-state index in [4.69, 9.17) is 0 Å². The van der Waals surface area contributed by atoms with Crippen molar-refractivity contribution in [1.29, 1.82) is 0 Å². The predicted molar refractivity (Wildman–Crippen MR) is 175 cm³/mol. The molecule has 1 aromatic heterocycles. The molecule has 5 nitrogen and oxygen atoms in total. The Morgan fingerprint density at radius 2 is 1.41 bits per heavy atom. The number of rotatable bonds is 20. The number of dihydropyridines is 1. The number of aromatic nitrogens is 1.